The van der Waals surface area contributed by atoms with E-state index in [9.17, 15) is 0 Å². The molecule has 0 fully saturated rings. The van der Waals surface area contributed by atoms with E-state index in [1.54, 1.807) is 0 Å². The minimum atomic E-state index is -1.31. The Labute approximate surface area is 374 Å². The van der Waals surface area contributed by atoms with Gasteiger partial charge in [-0.15, -0.1) is 0 Å². The van der Waals surface area contributed by atoms with E-state index in [2.05, 4.69) is 214 Å². The van der Waals surface area contributed by atoms with E-state index in [0.717, 1.165) is 0 Å². The molecule has 4 aliphatic carbocycles. The highest BCUT2D eigenvalue weighted by Crippen LogP contribution is 2.68. The molecule has 0 saturated heterocycles. The summed E-state index contributed by atoms with van der Waals surface area (Å²) < 4.78 is 0. The number of rotatable bonds is 2. The van der Waals surface area contributed by atoms with E-state index in [1.807, 2.05) is 0 Å². The molecule has 5 aliphatic rings. The van der Waals surface area contributed by atoms with E-state index in [-0.39, 0.29) is 21.7 Å². The number of fused-ring (bicyclic) bond motifs is 16. The predicted octanol–water partition coefficient (Wildman–Crippen LogP) is 16.7. The molecule has 0 radical (unpaired) electrons. The minimum Gasteiger partial charge on any atom is -0.192 e. The van der Waals surface area contributed by atoms with Crippen LogP contribution in [-0.4, -0.2) is 12.5 Å². The van der Waals surface area contributed by atoms with Gasteiger partial charge in [-0.25, -0.2) is 0 Å². The number of hydrogen-bond acceptors (Lipinski definition) is 0. The first kappa shape index (κ1) is 37.6. The maximum absolute atomic E-state index is 2.58. The van der Waals surface area contributed by atoms with Crippen molar-refractivity contribution in [2.24, 2.45) is 0 Å². The molecule has 308 valence electrons. The largest absolute Gasteiger partial charge is 0.192 e. The molecule has 13 rings (SSSR count). The molecule has 8 aromatic rings. The summed E-state index contributed by atoms with van der Waals surface area (Å²) in [4.78, 5) is 2.95. The van der Waals surface area contributed by atoms with Gasteiger partial charge in [-0.2, -0.15) is 10.0 Å². The van der Waals surface area contributed by atoms with Crippen molar-refractivity contribution >= 4 is 41.4 Å². The normalized spacial score (nSPS) is 19.3. The first-order valence-corrected chi connectivity index (χ1v) is 25.3. The molecule has 0 aromatic heterocycles. The summed E-state index contributed by atoms with van der Waals surface area (Å²) >= 11 is 0. The quantitative estimate of drug-likeness (QED) is 0.163. The van der Waals surface area contributed by atoms with Crippen LogP contribution in [0.3, 0.4) is 0 Å². The third-order valence-corrected chi connectivity index (χ3v) is 19.7. The lowest BCUT2D eigenvalue weighted by Crippen LogP contribution is -2.19. The summed E-state index contributed by atoms with van der Waals surface area (Å²) in [6.45, 7) is 19.5. The van der Waals surface area contributed by atoms with Crippen molar-refractivity contribution in [2.45, 2.75) is 77.0 Å². The lowest BCUT2D eigenvalue weighted by Gasteiger charge is -2.35. The van der Waals surface area contributed by atoms with Gasteiger partial charge in [0.2, 0.25) is 0 Å². The van der Waals surface area contributed by atoms with Gasteiger partial charge >= 0.3 is 0 Å². The Kier molecular flexibility index (Phi) is 7.06. The smallest absolute Gasteiger partial charge is 0.0159 e. The van der Waals surface area contributed by atoms with Gasteiger partial charge in [0.15, 0.2) is 0 Å². The zero-order valence-corrected chi connectivity index (χ0v) is 39.1. The molecule has 0 bridgehead atoms. The average molecular weight is 831 g/mol. The van der Waals surface area contributed by atoms with Gasteiger partial charge in [-0.1, -0.05) is 165 Å². The first-order valence-electron chi connectivity index (χ1n) is 22.9. The lowest BCUT2D eigenvalue weighted by molar-refractivity contribution is 0.639. The molecule has 8 aromatic carbocycles. The zero-order chi connectivity index (χ0) is 43.3. The molecule has 0 N–H and O–H groups in total. The summed E-state index contributed by atoms with van der Waals surface area (Å²) in [5.74, 6) is 0. The fourth-order valence-corrected chi connectivity index (χ4v) is 15.6. The van der Waals surface area contributed by atoms with Crippen LogP contribution in [0, 0.1) is 0 Å². The predicted molar refractivity (Wildman–Crippen MR) is 274 cm³/mol. The Morgan fingerprint density at radius 3 is 1.11 bits per heavy atom. The third-order valence-electron chi connectivity index (χ3n) is 16.8. The molecule has 0 saturated carbocycles. The molecule has 0 spiro atoms. The van der Waals surface area contributed by atoms with Crippen LogP contribution in [0.25, 0.3) is 75.9 Å². The average Bonchev–Trinajstić information content (AvgIpc) is 3.93. The molecule has 1 heterocycles. The van der Waals surface area contributed by atoms with Crippen molar-refractivity contribution in [2.75, 3.05) is 12.5 Å². The summed E-state index contributed by atoms with van der Waals surface area (Å²) in [7, 11) is -1.31. The highest BCUT2D eigenvalue weighted by atomic mass is 32.3. The standard InChI is InChI=1S/C62H54S/c1-59(2)47-25-21-35-15-11-13-17-39(35)57(47)45-31-43-41-23-19-37(29-49(41)61(5,6)51(43)33-53(45)59)55-27-28-56(63(55,9)10)38-20-24-42-44-32-46-54(34-52(44)62(7,8)50(42)30-38)60(3,4)48-26-22-36-16-12-14-18-40(36)58(46)48/h11-34H,1-10H3. The van der Waals surface area contributed by atoms with E-state index in [0.29, 0.717) is 0 Å². The highest BCUT2D eigenvalue weighted by Gasteiger charge is 2.45. The molecule has 1 aliphatic heterocycles. The Bertz CT molecular complexity index is 3290. The Morgan fingerprint density at radius 2 is 0.683 bits per heavy atom. The number of benzene rings is 8. The number of hydrogen-bond donors (Lipinski definition) is 0. The van der Waals surface area contributed by atoms with Crippen LogP contribution in [0.2, 0.25) is 0 Å². The van der Waals surface area contributed by atoms with E-state index < -0.39 is 10.0 Å². The van der Waals surface area contributed by atoms with Crippen LogP contribution in [-0.2, 0) is 21.7 Å². The van der Waals surface area contributed by atoms with E-state index >= 15 is 0 Å². The molecule has 0 unspecified atom stereocenters. The van der Waals surface area contributed by atoms with Gasteiger partial charge in [-0.05, 0) is 171 Å². The second-order valence-corrected chi connectivity index (χ2v) is 25.2. The molecule has 1 heteroatoms. The summed E-state index contributed by atoms with van der Waals surface area (Å²) in [6.07, 6.45) is 9.92. The maximum Gasteiger partial charge on any atom is 0.0159 e. The Hall–Kier alpha value is -5.89. The van der Waals surface area contributed by atoms with Crippen LogP contribution in [0.15, 0.2) is 146 Å². The van der Waals surface area contributed by atoms with Gasteiger partial charge in [0.25, 0.3) is 0 Å². The summed E-state index contributed by atoms with van der Waals surface area (Å²) in [5, 5.41) is 5.35. The second kappa shape index (κ2) is 11.8. The maximum atomic E-state index is 2.58. The van der Waals surface area contributed by atoms with Gasteiger partial charge in [0.05, 0.1) is 0 Å². The first-order chi connectivity index (χ1) is 30.0. The second-order valence-electron chi connectivity index (χ2n) is 21.7. The van der Waals surface area contributed by atoms with Gasteiger partial charge in [-0.3, -0.25) is 0 Å². The topological polar surface area (TPSA) is 0 Å². The molecule has 0 amide bonds. The van der Waals surface area contributed by atoms with Gasteiger partial charge in [0, 0.05) is 31.5 Å². The number of allylic oxidation sites excluding steroid dienone is 2. The Balaban J connectivity index is 0.859. The van der Waals surface area contributed by atoms with Crippen LogP contribution >= 0.6 is 10.0 Å². The third kappa shape index (κ3) is 4.59. The van der Waals surface area contributed by atoms with Crippen LogP contribution in [0.4, 0.5) is 0 Å². The van der Waals surface area contributed by atoms with Crippen molar-refractivity contribution in [3.8, 4) is 44.5 Å². The van der Waals surface area contributed by atoms with E-state index in [1.165, 1.54) is 131 Å². The van der Waals surface area contributed by atoms with Crippen LogP contribution < -0.4 is 0 Å². The van der Waals surface area contributed by atoms with Crippen LogP contribution in [0.1, 0.15) is 111 Å². The van der Waals surface area contributed by atoms with Crippen molar-refractivity contribution in [3.63, 3.8) is 0 Å². The van der Waals surface area contributed by atoms with Crippen molar-refractivity contribution in [3.05, 3.63) is 201 Å². The fourth-order valence-electron chi connectivity index (χ4n) is 13.2. The van der Waals surface area contributed by atoms with Crippen molar-refractivity contribution < 1.29 is 0 Å². The van der Waals surface area contributed by atoms with Crippen molar-refractivity contribution in [1.29, 1.82) is 0 Å². The van der Waals surface area contributed by atoms with Gasteiger partial charge in [0.1, 0.15) is 0 Å². The monoisotopic (exact) mass is 830 g/mol. The lowest BCUT2D eigenvalue weighted by atomic mass is 9.77. The van der Waals surface area contributed by atoms with E-state index in [4.69, 9.17) is 0 Å². The highest BCUT2D eigenvalue weighted by molar-refractivity contribution is 8.47. The summed E-state index contributed by atoms with van der Waals surface area (Å²) in [5.41, 5.74) is 25.2. The molecule has 0 atom stereocenters. The molecular weight excluding hydrogens is 777 g/mol. The molecule has 0 nitrogen and oxygen atoms in total. The molecular formula is C62H54S. The SMILES string of the molecule is CC1(C)c2cc(C3=CC=C(c4ccc5c(c4)C(C)(C)c4cc6c(cc4-5)-c4c(ccc5ccccc45)C6(C)C)S3(C)C)ccc2-c2cc3c(cc21)C(C)(C)c1ccc2ccccc2c1-3. The fraction of sp³-hybridized carbons (Fsp3) is 0.226. The zero-order valence-electron chi connectivity index (χ0n) is 38.3. The Morgan fingerprint density at radius 1 is 0.317 bits per heavy atom. The molecule has 63 heavy (non-hydrogen) atoms. The van der Waals surface area contributed by atoms with Gasteiger partial charge < -0.3 is 0 Å². The summed E-state index contributed by atoms with van der Waals surface area (Å²) in [6, 6.07) is 52.3. The minimum absolute atomic E-state index is 0.0576. The van der Waals surface area contributed by atoms with Crippen LogP contribution in [0.5, 0.6) is 0 Å². The van der Waals surface area contributed by atoms with Crippen molar-refractivity contribution in [1.82, 2.24) is 0 Å².